The number of nitrogens with zero attached hydrogens (tertiary/aromatic N) is 2. The Morgan fingerprint density at radius 3 is 2.23 bits per heavy atom. The number of hydrogen-bond acceptors (Lipinski definition) is 5. The van der Waals surface area contributed by atoms with Crippen LogP contribution < -0.4 is 4.74 Å². The molecule has 0 spiro atoms. The van der Waals surface area contributed by atoms with E-state index in [1.165, 1.54) is 0 Å². The molecule has 0 bridgehead atoms. The highest BCUT2D eigenvalue weighted by Crippen LogP contribution is 2.23. The molecule has 0 radical (unpaired) electrons. The van der Waals surface area contributed by atoms with Crippen molar-refractivity contribution < 1.29 is 20.1 Å². The third kappa shape index (κ3) is 7.15. The minimum absolute atomic E-state index is 0.0872. The summed E-state index contributed by atoms with van der Waals surface area (Å²) in [5, 5.41) is 26.5. The van der Waals surface area contributed by atoms with Gasteiger partial charge in [-0.05, 0) is 28.8 Å². The summed E-state index contributed by atoms with van der Waals surface area (Å²) < 4.78 is 7.32. The molecule has 0 aliphatic rings. The average Bonchev–Trinajstić information content (AvgIpc) is 3.26. The second-order valence-corrected chi connectivity index (χ2v) is 6.61. The van der Waals surface area contributed by atoms with Crippen LogP contribution >= 0.6 is 0 Å². The lowest BCUT2D eigenvalue weighted by molar-refractivity contribution is 0.0536. The molecule has 0 aliphatic heterocycles. The average molecular weight is 411 g/mol. The highest BCUT2D eigenvalue weighted by Gasteiger charge is 2.03. The number of aromatic nitrogens is 2. The molecule has 1 unspecified atom stereocenters. The SMILES string of the molecule is C=Cc1ccc(-c2ccc(OCC(O)CO)cc2)cc1.CCc1nccn1CCO. The van der Waals surface area contributed by atoms with Crippen molar-refractivity contribution in [2.75, 3.05) is 19.8 Å². The summed E-state index contributed by atoms with van der Waals surface area (Å²) in [6, 6.07) is 15.7. The van der Waals surface area contributed by atoms with E-state index in [0.717, 1.165) is 28.9 Å². The number of imidazole rings is 1. The van der Waals surface area contributed by atoms with Crippen LogP contribution in [0.15, 0.2) is 67.5 Å². The maximum absolute atomic E-state index is 9.22. The van der Waals surface area contributed by atoms with E-state index >= 15 is 0 Å². The first-order chi connectivity index (χ1) is 14.6. The molecule has 6 nitrogen and oxygen atoms in total. The van der Waals surface area contributed by atoms with Crippen molar-refractivity contribution >= 4 is 6.08 Å². The summed E-state index contributed by atoms with van der Waals surface area (Å²) in [4.78, 5) is 4.11. The fourth-order valence-electron chi connectivity index (χ4n) is 2.77. The second-order valence-electron chi connectivity index (χ2n) is 6.61. The van der Waals surface area contributed by atoms with Crippen molar-refractivity contribution in [3.05, 3.63) is 78.9 Å². The molecule has 3 aromatic rings. The molecule has 160 valence electrons. The molecule has 2 aromatic carbocycles. The van der Waals surface area contributed by atoms with Crippen molar-refractivity contribution in [1.29, 1.82) is 0 Å². The predicted molar refractivity (Wildman–Crippen MR) is 119 cm³/mol. The molecule has 6 heteroatoms. The largest absolute Gasteiger partial charge is 0.491 e. The summed E-state index contributed by atoms with van der Waals surface area (Å²) >= 11 is 0. The molecular formula is C24H30N2O4. The molecule has 0 saturated carbocycles. The smallest absolute Gasteiger partial charge is 0.119 e. The van der Waals surface area contributed by atoms with Gasteiger partial charge in [0.25, 0.3) is 0 Å². The number of aliphatic hydroxyl groups is 3. The van der Waals surface area contributed by atoms with Crippen LogP contribution in [-0.2, 0) is 13.0 Å². The Morgan fingerprint density at radius 2 is 1.70 bits per heavy atom. The molecule has 0 aliphatic carbocycles. The lowest BCUT2D eigenvalue weighted by Crippen LogP contribution is -2.21. The number of aliphatic hydroxyl groups excluding tert-OH is 3. The van der Waals surface area contributed by atoms with Gasteiger partial charge in [-0.3, -0.25) is 0 Å². The van der Waals surface area contributed by atoms with Crippen LogP contribution in [0.3, 0.4) is 0 Å². The van der Waals surface area contributed by atoms with Crippen molar-refractivity contribution in [2.45, 2.75) is 26.0 Å². The summed E-state index contributed by atoms with van der Waals surface area (Å²) in [7, 11) is 0. The zero-order valence-corrected chi connectivity index (χ0v) is 17.3. The van der Waals surface area contributed by atoms with Crippen LogP contribution in [-0.4, -0.2) is 50.8 Å². The monoisotopic (exact) mass is 410 g/mol. The van der Waals surface area contributed by atoms with E-state index in [-0.39, 0.29) is 19.8 Å². The van der Waals surface area contributed by atoms with Gasteiger partial charge in [-0.25, -0.2) is 4.98 Å². The summed E-state index contributed by atoms with van der Waals surface area (Å²) in [6.45, 7) is 6.41. The maximum Gasteiger partial charge on any atom is 0.119 e. The van der Waals surface area contributed by atoms with Crippen LogP contribution in [0.5, 0.6) is 5.75 Å². The van der Waals surface area contributed by atoms with Crippen LogP contribution in [0, 0.1) is 0 Å². The third-order valence-electron chi connectivity index (χ3n) is 4.45. The Labute approximate surface area is 177 Å². The molecule has 0 saturated heterocycles. The van der Waals surface area contributed by atoms with Crippen molar-refractivity contribution in [3.8, 4) is 16.9 Å². The lowest BCUT2D eigenvalue weighted by Gasteiger charge is -2.10. The van der Waals surface area contributed by atoms with Crippen LogP contribution in [0.4, 0.5) is 0 Å². The molecule has 1 atom stereocenters. The third-order valence-corrected chi connectivity index (χ3v) is 4.45. The normalized spacial score (nSPS) is 11.3. The maximum atomic E-state index is 9.22. The van der Waals surface area contributed by atoms with Gasteiger partial charge in [0.2, 0.25) is 0 Å². The molecule has 30 heavy (non-hydrogen) atoms. The molecule has 0 fully saturated rings. The van der Waals surface area contributed by atoms with Crippen molar-refractivity contribution in [2.24, 2.45) is 0 Å². The zero-order valence-electron chi connectivity index (χ0n) is 17.3. The number of rotatable bonds is 9. The van der Waals surface area contributed by atoms with E-state index in [0.29, 0.717) is 12.3 Å². The lowest BCUT2D eigenvalue weighted by atomic mass is 10.0. The fraction of sp³-hybridized carbons (Fsp3) is 0.292. The Morgan fingerprint density at radius 1 is 1.07 bits per heavy atom. The second kappa shape index (κ2) is 12.6. The summed E-state index contributed by atoms with van der Waals surface area (Å²) in [5.74, 6) is 1.71. The first-order valence-electron chi connectivity index (χ1n) is 9.96. The van der Waals surface area contributed by atoms with E-state index < -0.39 is 6.10 Å². The minimum atomic E-state index is -0.846. The topological polar surface area (TPSA) is 87.7 Å². The van der Waals surface area contributed by atoms with E-state index in [1.54, 1.807) is 6.20 Å². The van der Waals surface area contributed by atoms with Gasteiger partial charge in [0.05, 0.1) is 13.2 Å². The number of hydrogen-bond donors (Lipinski definition) is 3. The van der Waals surface area contributed by atoms with Gasteiger partial charge < -0.3 is 24.6 Å². The van der Waals surface area contributed by atoms with Crippen molar-refractivity contribution in [3.63, 3.8) is 0 Å². The Balaban J connectivity index is 0.000000269. The van der Waals surface area contributed by atoms with Gasteiger partial charge in [-0.2, -0.15) is 0 Å². The first kappa shape index (κ1) is 23.3. The van der Waals surface area contributed by atoms with E-state index in [4.69, 9.17) is 14.9 Å². The Kier molecular flexibility index (Phi) is 9.80. The van der Waals surface area contributed by atoms with E-state index in [1.807, 2.05) is 65.4 Å². The fourth-order valence-corrected chi connectivity index (χ4v) is 2.77. The number of ether oxygens (including phenoxy) is 1. The van der Waals surface area contributed by atoms with Crippen molar-refractivity contribution in [1.82, 2.24) is 9.55 Å². The Bertz CT molecular complexity index is 873. The van der Waals surface area contributed by atoms with Crippen LogP contribution in [0.2, 0.25) is 0 Å². The quantitative estimate of drug-likeness (QED) is 0.504. The minimum Gasteiger partial charge on any atom is -0.491 e. The van der Waals surface area contributed by atoms with Gasteiger partial charge in [0, 0.05) is 25.4 Å². The molecule has 3 rings (SSSR count). The summed E-state index contributed by atoms with van der Waals surface area (Å²) in [6.07, 6.45) is 5.53. The number of aryl methyl sites for hydroxylation is 1. The van der Waals surface area contributed by atoms with Gasteiger partial charge in [-0.1, -0.05) is 56.0 Å². The highest BCUT2D eigenvalue weighted by atomic mass is 16.5. The molecular weight excluding hydrogens is 380 g/mol. The Hall–Kier alpha value is -2.93. The molecule has 0 amide bonds. The van der Waals surface area contributed by atoms with Crippen LogP contribution in [0.25, 0.3) is 17.2 Å². The van der Waals surface area contributed by atoms with Gasteiger partial charge >= 0.3 is 0 Å². The first-order valence-corrected chi connectivity index (χ1v) is 9.96. The van der Waals surface area contributed by atoms with E-state index in [9.17, 15) is 5.11 Å². The van der Waals surface area contributed by atoms with Gasteiger partial charge in [0.15, 0.2) is 0 Å². The molecule has 3 N–H and O–H groups in total. The summed E-state index contributed by atoms with van der Waals surface area (Å²) in [5.41, 5.74) is 3.31. The molecule has 1 heterocycles. The highest BCUT2D eigenvalue weighted by molar-refractivity contribution is 5.66. The van der Waals surface area contributed by atoms with E-state index in [2.05, 4.69) is 18.5 Å². The van der Waals surface area contributed by atoms with Gasteiger partial charge in [0.1, 0.15) is 24.3 Å². The standard InChI is InChI=1S/C17H18O3.C7H12N2O/c1-2-13-3-5-14(6-4-13)15-7-9-17(10-8-15)20-12-16(19)11-18;1-2-7-8-3-4-9(7)5-6-10/h2-10,16,18-19H,1,11-12H2;3-4,10H,2,5-6H2,1H3. The molecule has 1 aromatic heterocycles. The van der Waals surface area contributed by atoms with Gasteiger partial charge in [-0.15, -0.1) is 0 Å². The zero-order chi connectivity index (χ0) is 21.8. The number of benzene rings is 2. The predicted octanol–water partition coefficient (Wildman–Crippen LogP) is 3.17. The van der Waals surface area contributed by atoms with Crippen LogP contribution in [0.1, 0.15) is 18.3 Å².